The molecule has 0 saturated carbocycles. The number of aliphatic hydroxyl groups is 2. The van der Waals surface area contributed by atoms with Gasteiger partial charge in [0.05, 0.1) is 25.2 Å². The van der Waals surface area contributed by atoms with Crippen molar-refractivity contribution in [2.24, 2.45) is 0 Å². The lowest BCUT2D eigenvalue weighted by atomic mass is 10.0. The van der Waals surface area contributed by atoms with Gasteiger partial charge in [0.25, 0.3) is 0 Å². The van der Waals surface area contributed by atoms with Gasteiger partial charge >= 0.3 is 5.97 Å². The average molecular weight is 915 g/mol. The van der Waals surface area contributed by atoms with Gasteiger partial charge in [-0.05, 0) is 77.0 Å². The molecule has 382 valence electrons. The molecule has 0 heterocycles. The van der Waals surface area contributed by atoms with Crippen LogP contribution in [0.2, 0.25) is 0 Å². The van der Waals surface area contributed by atoms with Gasteiger partial charge in [-0.3, -0.25) is 9.59 Å². The Morgan fingerprint density at radius 3 is 1.18 bits per heavy atom. The molecule has 0 aliphatic heterocycles. The van der Waals surface area contributed by atoms with Crippen LogP contribution in [0.25, 0.3) is 0 Å². The van der Waals surface area contributed by atoms with Crippen LogP contribution < -0.4 is 5.32 Å². The summed E-state index contributed by atoms with van der Waals surface area (Å²) in [5.74, 6) is -0.496. The number of hydrogen-bond donors (Lipinski definition) is 3. The fraction of sp³-hybridized carbons (Fsp3) is 0.864. The molecule has 1 amide bonds. The van der Waals surface area contributed by atoms with Gasteiger partial charge in [0.1, 0.15) is 6.10 Å². The van der Waals surface area contributed by atoms with Crippen molar-refractivity contribution in [3.63, 3.8) is 0 Å². The highest BCUT2D eigenvalue weighted by atomic mass is 16.5. The lowest BCUT2D eigenvalue weighted by Gasteiger charge is -2.24. The molecule has 3 N–H and O–H groups in total. The average Bonchev–Trinajstić information content (AvgIpc) is 3.30. The molecule has 0 spiro atoms. The zero-order valence-corrected chi connectivity index (χ0v) is 43.6. The monoisotopic (exact) mass is 914 g/mol. The maximum Gasteiger partial charge on any atom is 0.306 e. The molecule has 6 heteroatoms. The molecule has 0 aliphatic carbocycles. The largest absolute Gasteiger partial charge is 0.462 e. The highest BCUT2D eigenvalue weighted by Gasteiger charge is 2.24. The van der Waals surface area contributed by atoms with E-state index in [1.807, 2.05) is 0 Å². The topological polar surface area (TPSA) is 95.9 Å². The van der Waals surface area contributed by atoms with E-state index in [9.17, 15) is 19.8 Å². The van der Waals surface area contributed by atoms with Gasteiger partial charge in [-0.1, -0.05) is 250 Å². The third-order valence-corrected chi connectivity index (χ3v) is 13.2. The van der Waals surface area contributed by atoms with E-state index >= 15 is 0 Å². The first-order valence-electron chi connectivity index (χ1n) is 28.7. The van der Waals surface area contributed by atoms with Crippen molar-refractivity contribution < 1.29 is 24.5 Å². The van der Waals surface area contributed by atoms with Crippen molar-refractivity contribution >= 4 is 11.9 Å². The fourth-order valence-electron chi connectivity index (χ4n) is 8.83. The third kappa shape index (κ3) is 48.3. The van der Waals surface area contributed by atoms with E-state index in [1.54, 1.807) is 0 Å². The van der Waals surface area contributed by atoms with E-state index in [1.165, 1.54) is 186 Å². The Kier molecular flexibility index (Phi) is 51.5. The quantitative estimate of drug-likeness (QED) is 0.0244. The highest BCUT2D eigenvalue weighted by Crippen LogP contribution is 2.18. The van der Waals surface area contributed by atoms with Gasteiger partial charge in [0.15, 0.2) is 0 Å². The van der Waals surface area contributed by atoms with Gasteiger partial charge in [0, 0.05) is 6.42 Å². The Hall–Kier alpha value is -1.92. The van der Waals surface area contributed by atoms with Gasteiger partial charge in [-0.25, -0.2) is 0 Å². The number of nitrogens with one attached hydrogen (secondary N) is 1. The summed E-state index contributed by atoms with van der Waals surface area (Å²) < 4.78 is 5.95. The first kappa shape index (κ1) is 63.1. The molecule has 0 aromatic heterocycles. The van der Waals surface area contributed by atoms with Crippen LogP contribution in [0.1, 0.15) is 303 Å². The fourth-order valence-corrected chi connectivity index (χ4v) is 8.83. The third-order valence-electron chi connectivity index (χ3n) is 13.2. The summed E-state index contributed by atoms with van der Waals surface area (Å²) >= 11 is 0. The zero-order valence-electron chi connectivity index (χ0n) is 43.6. The van der Waals surface area contributed by atoms with Crippen molar-refractivity contribution in [3.8, 4) is 0 Å². The summed E-state index contributed by atoms with van der Waals surface area (Å²) in [5.41, 5.74) is 0. The summed E-state index contributed by atoms with van der Waals surface area (Å²) in [6.45, 7) is 6.50. The Balaban J connectivity index is 4.60. The highest BCUT2D eigenvalue weighted by molar-refractivity contribution is 5.77. The number of rotatable bonds is 52. The Labute approximate surface area is 404 Å². The molecule has 0 aliphatic rings. The molecule has 0 bridgehead atoms. The smallest absolute Gasteiger partial charge is 0.306 e. The summed E-state index contributed by atoms with van der Waals surface area (Å²) in [4.78, 5) is 26.2. The SMILES string of the molecule is CCCCCCCC/C=C/CCCCCCCCCC(CC(=O)NC(CO)C(O)CCCCCCCCCCCCCCC)OC(=O)CCCCC/C=C/C=C/CCCCCCCCC. The molecule has 0 saturated heterocycles. The summed E-state index contributed by atoms with van der Waals surface area (Å²) in [6, 6.07) is -0.707. The van der Waals surface area contributed by atoms with Crippen LogP contribution in [0, 0.1) is 0 Å². The van der Waals surface area contributed by atoms with Crippen molar-refractivity contribution in [1.29, 1.82) is 0 Å². The molecule has 0 aromatic carbocycles. The number of aliphatic hydroxyl groups excluding tert-OH is 2. The van der Waals surface area contributed by atoms with E-state index in [2.05, 4.69) is 62.5 Å². The molecule has 6 nitrogen and oxygen atoms in total. The van der Waals surface area contributed by atoms with Crippen LogP contribution in [0.15, 0.2) is 36.5 Å². The lowest BCUT2D eigenvalue weighted by Crippen LogP contribution is -2.46. The lowest BCUT2D eigenvalue weighted by molar-refractivity contribution is -0.151. The minimum absolute atomic E-state index is 0.0668. The first-order valence-corrected chi connectivity index (χ1v) is 28.7. The predicted octanol–water partition coefficient (Wildman–Crippen LogP) is 17.6. The molecule has 3 unspecified atom stereocenters. The summed E-state index contributed by atoms with van der Waals surface area (Å²) in [5, 5.41) is 23.9. The Morgan fingerprint density at radius 2 is 0.785 bits per heavy atom. The predicted molar refractivity (Wildman–Crippen MR) is 282 cm³/mol. The van der Waals surface area contributed by atoms with E-state index in [-0.39, 0.29) is 24.9 Å². The normalized spacial score (nSPS) is 13.4. The van der Waals surface area contributed by atoms with Crippen molar-refractivity contribution in [2.45, 2.75) is 322 Å². The number of ether oxygens (including phenoxy) is 1. The second-order valence-electron chi connectivity index (χ2n) is 19.7. The first-order chi connectivity index (χ1) is 32.0. The van der Waals surface area contributed by atoms with E-state index in [0.717, 1.165) is 70.6 Å². The van der Waals surface area contributed by atoms with Crippen LogP contribution in [0.5, 0.6) is 0 Å². The molecule has 0 rings (SSSR count). The van der Waals surface area contributed by atoms with Crippen LogP contribution in [0.4, 0.5) is 0 Å². The minimum atomic E-state index is -0.792. The second kappa shape index (κ2) is 53.0. The van der Waals surface area contributed by atoms with Gasteiger partial charge in [-0.2, -0.15) is 0 Å². The number of allylic oxidation sites excluding steroid dienone is 6. The number of carbonyl (C=O) groups is 2. The Bertz CT molecular complexity index is 1070. The summed E-state index contributed by atoms with van der Waals surface area (Å²) in [6.07, 6.45) is 63.5. The molecule has 3 atom stereocenters. The van der Waals surface area contributed by atoms with E-state index in [4.69, 9.17) is 4.74 Å². The second-order valence-corrected chi connectivity index (χ2v) is 19.7. The summed E-state index contributed by atoms with van der Waals surface area (Å²) in [7, 11) is 0. The number of carbonyl (C=O) groups excluding carboxylic acids is 2. The Morgan fingerprint density at radius 1 is 0.446 bits per heavy atom. The standard InChI is InChI=1S/C59H111NO5/c1-4-7-10-13-16-19-22-25-27-29-30-33-35-38-41-44-47-50-55(65-59(64)52-49-46-43-40-37-34-31-28-26-23-20-17-14-11-8-5-2)53-58(63)60-56(54-61)57(62)51-48-45-42-39-36-32-24-21-18-15-12-9-6-3/h25,27-28,31,34,37,55-57,61-62H,4-24,26,29-30,32-33,35-36,38-54H2,1-3H3,(H,60,63)/b27-25+,31-28+,37-34+. The molecule has 0 fully saturated rings. The number of esters is 1. The van der Waals surface area contributed by atoms with Crippen molar-refractivity contribution in [3.05, 3.63) is 36.5 Å². The molecule has 65 heavy (non-hydrogen) atoms. The van der Waals surface area contributed by atoms with Gasteiger partial charge < -0.3 is 20.3 Å². The van der Waals surface area contributed by atoms with Gasteiger partial charge in [-0.15, -0.1) is 0 Å². The van der Waals surface area contributed by atoms with Gasteiger partial charge in [0.2, 0.25) is 5.91 Å². The molecule has 0 aromatic rings. The van der Waals surface area contributed by atoms with E-state index < -0.39 is 18.2 Å². The van der Waals surface area contributed by atoms with Crippen molar-refractivity contribution in [1.82, 2.24) is 5.32 Å². The molecular formula is C59H111NO5. The number of unbranched alkanes of at least 4 members (excludes halogenated alkanes) is 35. The number of amides is 1. The van der Waals surface area contributed by atoms with Crippen LogP contribution in [-0.4, -0.2) is 46.9 Å². The minimum Gasteiger partial charge on any atom is -0.462 e. The van der Waals surface area contributed by atoms with E-state index in [0.29, 0.717) is 19.3 Å². The zero-order chi connectivity index (χ0) is 47.4. The molecular weight excluding hydrogens is 803 g/mol. The van der Waals surface area contributed by atoms with Crippen molar-refractivity contribution in [2.75, 3.05) is 6.61 Å². The number of hydrogen-bond acceptors (Lipinski definition) is 5. The maximum absolute atomic E-state index is 13.3. The van der Waals surface area contributed by atoms with Crippen LogP contribution >= 0.6 is 0 Å². The van der Waals surface area contributed by atoms with Crippen LogP contribution in [0.3, 0.4) is 0 Å². The maximum atomic E-state index is 13.3. The molecule has 0 radical (unpaired) electrons. The van der Waals surface area contributed by atoms with Crippen LogP contribution in [-0.2, 0) is 14.3 Å².